The van der Waals surface area contributed by atoms with E-state index in [9.17, 15) is 0 Å². The van der Waals surface area contributed by atoms with E-state index in [1.165, 1.54) is 40.6 Å². The summed E-state index contributed by atoms with van der Waals surface area (Å²) in [5.74, 6) is 0.919. The molecule has 0 aromatic heterocycles. The predicted molar refractivity (Wildman–Crippen MR) is 86.2 cm³/mol. The largest absolute Gasteiger partial charge is 0.383 e. The minimum Gasteiger partial charge on any atom is -0.383 e. The highest BCUT2D eigenvalue weighted by Gasteiger charge is 2.35. The van der Waals surface area contributed by atoms with E-state index in [2.05, 4.69) is 58.3 Å². The van der Waals surface area contributed by atoms with Gasteiger partial charge in [0.25, 0.3) is 0 Å². The highest BCUT2D eigenvalue weighted by atomic mass is 127. The van der Waals surface area contributed by atoms with Gasteiger partial charge in [0.1, 0.15) is 0 Å². The van der Waals surface area contributed by atoms with Crippen molar-refractivity contribution in [2.75, 3.05) is 23.7 Å². The van der Waals surface area contributed by atoms with E-state index in [-0.39, 0.29) is 0 Å². The minimum atomic E-state index is 0.469. The van der Waals surface area contributed by atoms with Gasteiger partial charge >= 0.3 is 0 Å². The fraction of sp³-hybridized carbons (Fsp3) is 0.600. The van der Waals surface area contributed by atoms with Gasteiger partial charge in [0.05, 0.1) is 11.4 Å². The number of halogens is 1. The molecule has 0 atom stereocenters. The number of nitrogens with one attached hydrogen (secondary N) is 2. The third kappa shape index (κ3) is 2.46. The highest BCUT2D eigenvalue weighted by Crippen LogP contribution is 2.41. The molecule has 0 amide bonds. The minimum absolute atomic E-state index is 0.469. The molecule has 98 valence electrons. The SMILES string of the molecule is CC1CCC2(CC1)CNc1ccc(I)cc1NC2. The summed E-state index contributed by atoms with van der Waals surface area (Å²) in [6.07, 6.45) is 5.49. The lowest BCUT2D eigenvalue weighted by Crippen LogP contribution is -2.38. The first-order valence-corrected chi connectivity index (χ1v) is 8.02. The molecule has 0 bridgehead atoms. The van der Waals surface area contributed by atoms with E-state index < -0.39 is 0 Å². The van der Waals surface area contributed by atoms with E-state index in [0.717, 1.165) is 19.0 Å². The molecule has 3 heteroatoms. The van der Waals surface area contributed by atoms with Gasteiger partial charge in [0, 0.05) is 22.1 Å². The topological polar surface area (TPSA) is 24.1 Å². The van der Waals surface area contributed by atoms with Crippen LogP contribution >= 0.6 is 22.6 Å². The van der Waals surface area contributed by atoms with Crippen molar-refractivity contribution in [2.45, 2.75) is 32.6 Å². The van der Waals surface area contributed by atoms with Gasteiger partial charge in [-0.05, 0) is 59.5 Å². The van der Waals surface area contributed by atoms with E-state index in [4.69, 9.17) is 0 Å². The molecule has 1 heterocycles. The fourth-order valence-electron chi connectivity index (χ4n) is 3.17. The maximum atomic E-state index is 3.67. The molecule has 1 aliphatic heterocycles. The normalized spacial score (nSPS) is 31.1. The molecule has 1 aromatic rings. The van der Waals surface area contributed by atoms with Crippen LogP contribution in [0.5, 0.6) is 0 Å². The van der Waals surface area contributed by atoms with Crippen molar-refractivity contribution < 1.29 is 0 Å². The Morgan fingerprint density at radius 1 is 1.11 bits per heavy atom. The average Bonchev–Trinajstić information content (AvgIpc) is 2.54. The molecule has 2 aliphatic rings. The van der Waals surface area contributed by atoms with Crippen molar-refractivity contribution in [3.05, 3.63) is 21.8 Å². The molecule has 2 nitrogen and oxygen atoms in total. The van der Waals surface area contributed by atoms with Gasteiger partial charge in [-0.15, -0.1) is 0 Å². The lowest BCUT2D eigenvalue weighted by atomic mass is 9.71. The van der Waals surface area contributed by atoms with Crippen LogP contribution in [0.4, 0.5) is 11.4 Å². The number of fused-ring (bicyclic) bond motifs is 1. The van der Waals surface area contributed by atoms with E-state index in [1.807, 2.05) is 0 Å². The summed E-state index contributed by atoms with van der Waals surface area (Å²) in [5.41, 5.74) is 3.01. The quantitative estimate of drug-likeness (QED) is 0.677. The third-order valence-corrected chi connectivity index (χ3v) is 5.30. The fourth-order valence-corrected chi connectivity index (χ4v) is 3.66. The Morgan fingerprint density at radius 2 is 1.78 bits per heavy atom. The van der Waals surface area contributed by atoms with Gasteiger partial charge in [-0.2, -0.15) is 0 Å². The molecular weight excluding hydrogens is 335 g/mol. The molecule has 2 N–H and O–H groups in total. The summed E-state index contributed by atoms with van der Waals surface area (Å²) in [5, 5.41) is 7.34. The lowest BCUT2D eigenvalue weighted by Gasteiger charge is -2.38. The van der Waals surface area contributed by atoms with E-state index >= 15 is 0 Å². The Kier molecular flexibility index (Phi) is 3.43. The van der Waals surface area contributed by atoms with Crippen LogP contribution in [0.15, 0.2) is 18.2 Å². The zero-order chi connectivity index (χ0) is 12.6. The summed E-state index contributed by atoms with van der Waals surface area (Å²) in [4.78, 5) is 0. The summed E-state index contributed by atoms with van der Waals surface area (Å²) in [7, 11) is 0. The molecule has 0 saturated heterocycles. The zero-order valence-electron chi connectivity index (χ0n) is 10.9. The Labute approximate surface area is 123 Å². The van der Waals surface area contributed by atoms with Crippen molar-refractivity contribution in [1.82, 2.24) is 0 Å². The van der Waals surface area contributed by atoms with Crippen molar-refractivity contribution in [3.63, 3.8) is 0 Å². The Balaban J connectivity index is 1.78. The van der Waals surface area contributed by atoms with Gasteiger partial charge in [-0.25, -0.2) is 0 Å². The Morgan fingerprint density at radius 3 is 2.50 bits per heavy atom. The summed E-state index contributed by atoms with van der Waals surface area (Å²) < 4.78 is 1.30. The molecule has 0 radical (unpaired) electrons. The monoisotopic (exact) mass is 356 g/mol. The van der Waals surface area contributed by atoms with Gasteiger partial charge in [0.15, 0.2) is 0 Å². The molecule has 1 fully saturated rings. The molecule has 0 unspecified atom stereocenters. The van der Waals surface area contributed by atoms with Crippen molar-refractivity contribution >= 4 is 34.0 Å². The summed E-state index contributed by atoms with van der Waals surface area (Å²) >= 11 is 2.38. The van der Waals surface area contributed by atoms with Crippen LogP contribution in [-0.2, 0) is 0 Å². The first-order chi connectivity index (χ1) is 8.67. The zero-order valence-corrected chi connectivity index (χ0v) is 13.1. The highest BCUT2D eigenvalue weighted by molar-refractivity contribution is 14.1. The first-order valence-electron chi connectivity index (χ1n) is 6.94. The van der Waals surface area contributed by atoms with Crippen LogP contribution in [0, 0.1) is 14.9 Å². The van der Waals surface area contributed by atoms with Crippen LogP contribution in [0.3, 0.4) is 0 Å². The predicted octanol–water partition coefficient (Wildman–Crippen LogP) is 4.33. The maximum absolute atomic E-state index is 3.67. The number of anilines is 2. The molecular formula is C15H21IN2. The summed E-state index contributed by atoms with van der Waals surface area (Å²) in [6.45, 7) is 4.64. The second-order valence-corrected chi connectivity index (χ2v) is 7.33. The van der Waals surface area contributed by atoms with Crippen LogP contribution in [0.1, 0.15) is 32.6 Å². The number of benzene rings is 1. The average molecular weight is 356 g/mol. The van der Waals surface area contributed by atoms with E-state index in [1.54, 1.807) is 0 Å². The lowest BCUT2D eigenvalue weighted by molar-refractivity contribution is 0.185. The molecule has 3 rings (SSSR count). The second kappa shape index (κ2) is 4.91. The van der Waals surface area contributed by atoms with Crippen molar-refractivity contribution in [2.24, 2.45) is 11.3 Å². The van der Waals surface area contributed by atoms with Crippen LogP contribution in [0.25, 0.3) is 0 Å². The Hall–Kier alpha value is -0.450. The van der Waals surface area contributed by atoms with Gasteiger partial charge in [-0.1, -0.05) is 19.8 Å². The molecule has 1 aliphatic carbocycles. The number of rotatable bonds is 0. The Bertz CT molecular complexity index is 436. The van der Waals surface area contributed by atoms with Crippen molar-refractivity contribution in [3.8, 4) is 0 Å². The molecule has 18 heavy (non-hydrogen) atoms. The van der Waals surface area contributed by atoms with E-state index in [0.29, 0.717) is 5.41 Å². The van der Waals surface area contributed by atoms with Crippen molar-refractivity contribution in [1.29, 1.82) is 0 Å². The first kappa shape index (κ1) is 12.6. The number of hydrogen-bond acceptors (Lipinski definition) is 2. The van der Waals surface area contributed by atoms with Crippen LogP contribution in [0.2, 0.25) is 0 Å². The third-order valence-electron chi connectivity index (χ3n) is 4.62. The molecule has 1 aromatic carbocycles. The number of hydrogen-bond donors (Lipinski definition) is 2. The smallest absolute Gasteiger partial charge is 0.0586 e. The summed E-state index contributed by atoms with van der Waals surface area (Å²) in [6, 6.07) is 6.62. The van der Waals surface area contributed by atoms with Crippen LogP contribution in [-0.4, -0.2) is 13.1 Å². The van der Waals surface area contributed by atoms with Gasteiger partial charge < -0.3 is 10.6 Å². The second-order valence-electron chi connectivity index (χ2n) is 6.08. The van der Waals surface area contributed by atoms with Gasteiger partial charge in [-0.3, -0.25) is 0 Å². The molecule has 1 spiro atoms. The standard InChI is InChI=1S/C15H21IN2/c1-11-4-6-15(7-5-11)9-17-13-3-2-12(16)8-14(13)18-10-15/h2-3,8,11,17-18H,4-7,9-10H2,1H3. The van der Waals surface area contributed by atoms with Gasteiger partial charge in [0.2, 0.25) is 0 Å². The molecule has 1 saturated carbocycles. The van der Waals surface area contributed by atoms with Crippen LogP contribution < -0.4 is 10.6 Å². The maximum Gasteiger partial charge on any atom is 0.0586 e.